The van der Waals surface area contributed by atoms with Crippen molar-refractivity contribution in [3.63, 3.8) is 0 Å². The fourth-order valence-corrected chi connectivity index (χ4v) is 6.13. The molecule has 0 bridgehead atoms. The van der Waals surface area contributed by atoms with Crippen molar-refractivity contribution in [3.8, 4) is 17.2 Å². The summed E-state index contributed by atoms with van der Waals surface area (Å²) >= 11 is 1.27. The number of aromatic nitrogens is 1. The maximum absolute atomic E-state index is 14.1. The molecule has 2 heterocycles. The third kappa shape index (κ3) is 6.09. The third-order valence-electron chi connectivity index (χ3n) is 7.03. The maximum Gasteiger partial charge on any atom is 0.338 e. The number of methoxy groups -OCH3 is 1. The number of esters is 1. The number of allylic oxidation sites excluding steroid dienone is 1. The highest BCUT2D eigenvalue weighted by Crippen LogP contribution is 2.36. The number of carbonyl (C=O) groups excluding carboxylic acids is 1. The zero-order valence-corrected chi connectivity index (χ0v) is 26.2. The molecule has 0 spiro atoms. The zero-order chi connectivity index (χ0) is 30.4. The van der Waals surface area contributed by atoms with Gasteiger partial charge >= 0.3 is 5.97 Å². The van der Waals surface area contributed by atoms with Crippen molar-refractivity contribution in [1.29, 1.82) is 0 Å². The van der Waals surface area contributed by atoms with E-state index in [1.165, 1.54) is 11.3 Å². The Labute approximate surface area is 250 Å². The van der Waals surface area contributed by atoms with Crippen LogP contribution in [-0.4, -0.2) is 50.6 Å². The smallest absolute Gasteiger partial charge is 0.338 e. The topological polar surface area (TPSA) is 91.6 Å². The molecule has 0 fully saturated rings. The van der Waals surface area contributed by atoms with Gasteiger partial charge in [0.15, 0.2) is 16.3 Å². The van der Waals surface area contributed by atoms with Crippen molar-refractivity contribution in [2.75, 3.05) is 44.9 Å². The minimum absolute atomic E-state index is 0.198. The summed E-state index contributed by atoms with van der Waals surface area (Å²) in [5.41, 5.74) is 3.05. The van der Waals surface area contributed by atoms with E-state index in [9.17, 15) is 9.59 Å². The predicted molar refractivity (Wildman–Crippen MR) is 166 cm³/mol. The average Bonchev–Trinajstić information content (AvgIpc) is 3.28. The molecule has 10 heteroatoms. The first kappa shape index (κ1) is 30.9. The molecule has 1 aliphatic rings. The van der Waals surface area contributed by atoms with Crippen LogP contribution in [0.3, 0.4) is 0 Å². The second-order valence-electron chi connectivity index (χ2n) is 9.47. The van der Waals surface area contributed by atoms with E-state index < -0.39 is 12.0 Å². The van der Waals surface area contributed by atoms with Gasteiger partial charge in [0.25, 0.3) is 5.56 Å². The van der Waals surface area contributed by atoms with Gasteiger partial charge in [0.05, 0.1) is 48.8 Å². The quantitative estimate of drug-likeness (QED) is 0.287. The van der Waals surface area contributed by atoms with Gasteiger partial charge in [0.2, 0.25) is 0 Å². The highest BCUT2D eigenvalue weighted by Gasteiger charge is 2.34. The Hall–Kier alpha value is -4.05. The number of hydrogen-bond acceptors (Lipinski definition) is 9. The molecular weight excluding hydrogens is 554 g/mol. The molecule has 1 aromatic heterocycles. The number of nitrogens with zero attached hydrogens (tertiary/aromatic N) is 3. The van der Waals surface area contributed by atoms with Crippen LogP contribution in [-0.2, 0) is 9.53 Å². The Bertz CT molecular complexity index is 1650. The van der Waals surface area contributed by atoms with Crippen LogP contribution in [0, 0.1) is 0 Å². The fourth-order valence-electron chi connectivity index (χ4n) is 5.09. The predicted octanol–water partition coefficient (Wildman–Crippen LogP) is 4.45. The molecule has 224 valence electrons. The zero-order valence-electron chi connectivity index (χ0n) is 25.4. The molecule has 0 saturated carbocycles. The second-order valence-corrected chi connectivity index (χ2v) is 10.5. The number of benzene rings is 2. The molecule has 9 nitrogen and oxygen atoms in total. The Kier molecular flexibility index (Phi) is 10.1. The first-order valence-electron chi connectivity index (χ1n) is 14.3. The molecule has 4 rings (SSSR count). The number of thiazole rings is 1. The summed E-state index contributed by atoms with van der Waals surface area (Å²) in [5.74, 6) is 1.28. The summed E-state index contributed by atoms with van der Waals surface area (Å²) in [6.07, 6.45) is 1.82. The van der Waals surface area contributed by atoms with Crippen molar-refractivity contribution in [2.45, 2.75) is 47.6 Å². The highest BCUT2D eigenvalue weighted by molar-refractivity contribution is 7.07. The Balaban J connectivity index is 1.92. The standard InChI is InChI=1S/C32H39N3O6S/c1-8-34(9-2)23-15-13-21(25(19-23)38-7)18-27-30(36)35-29(22-14-16-24(39-10-3)26(17-22)40-11-4)28(31(37)41-12-5)20(6)33-32(35)42-27/h13-19,29H,8-12H2,1-7H3/b27-18-/t29-/m1/s1. The van der Waals surface area contributed by atoms with Crippen LogP contribution >= 0.6 is 11.3 Å². The average molecular weight is 594 g/mol. The fraction of sp³-hybridized carbons (Fsp3) is 0.406. The number of hydrogen-bond donors (Lipinski definition) is 0. The van der Waals surface area contributed by atoms with E-state index in [0.29, 0.717) is 56.6 Å². The number of ether oxygens (including phenoxy) is 4. The second kappa shape index (κ2) is 13.7. The molecule has 0 N–H and O–H groups in total. The minimum Gasteiger partial charge on any atom is -0.496 e. The molecule has 0 saturated heterocycles. The van der Waals surface area contributed by atoms with Crippen molar-refractivity contribution in [3.05, 3.63) is 78.5 Å². The van der Waals surface area contributed by atoms with Gasteiger partial charge in [-0.15, -0.1) is 0 Å². The van der Waals surface area contributed by atoms with Gasteiger partial charge in [-0.1, -0.05) is 17.4 Å². The SMILES string of the molecule is CCOC(=O)C1=C(C)N=c2s/c(=C\c3ccc(N(CC)CC)cc3OC)c(=O)n2[C@@H]1c1ccc(OCC)c(OCC)c1. The van der Waals surface area contributed by atoms with E-state index in [1.54, 1.807) is 31.6 Å². The molecule has 0 radical (unpaired) electrons. The van der Waals surface area contributed by atoms with E-state index in [4.69, 9.17) is 18.9 Å². The summed E-state index contributed by atoms with van der Waals surface area (Å²) in [6, 6.07) is 10.7. The molecule has 42 heavy (non-hydrogen) atoms. The lowest BCUT2D eigenvalue weighted by Gasteiger charge is -2.25. The first-order valence-corrected chi connectivity index (χ1v) is 15.1. The normalized spacial score (nSPS) is 14.7. The Morgan fingerprint density at radius 1 is 0.976 bits per heavy atom. The van der Waals surface area contributed by atoms with Gasteiger partial charge in [-0.3, -0.25) is 9.36 Å². The largest absolute Gasteiger partial charge is 0.496 e. The number of anilines is 1. The summed E-state index contributed by atoms with van der Waals surface area (Å²) in [4.78, 5) is 34.8. The van der Waals surface area contributed by atoms with Crippen LogP contribution < -0.4 is 34.0 Å². The molecule has 0 unspecified atom stereocenters. The molecule has 0 amide bonds. The van der Waals surface area contributed by atoms with Crippen LogP contribution in [0.4, 0.5) is 5.69 Å². The van der Waals surface area contributed by atoms with Crippen LogP contribution in [0.15, 0.2) is 57.5 Å². The first-order chi connectivity index (χ1) is 20.3. The van der Waals surface area contributed by atoms with E-state index in [1.807, 2.05) is 50.3 Å². The van der Waals surface area contributed by atoms with E-state index >= 15 is 0 Å². The molecule has 1 aliphatic heterocycles. The number of fused-ring (bicyclic) bond motifs is 1. The number of carbonyl (C=O) groups is 1. The summed E-state index contributed by atoms with van der Waals surface area (Å²) in [6.45, 7) is 14.4. The minimum atomic E-state index is -0.760. The van der Waals surface area contributed by atoms with Crippen molar-refractivity contribution < 1.29 is 23.7 Å². The maximum atomic E-state index is 14.1. The van der Waals surface area contributed by atoms with Crippen LogP contribution in [0.25, 0.3) is 6.08 Å². The molecule has 1 atom stereocenters. The van der Waals surface area contributed by atoms with Crippen molar-refractivity contribution in [1.82, 2.24) is 4.57 Å². The van der Waals surface area contributed by atoms with E-state index in [2.05, 4.69) is 23.7 Å². The summed E-state index contributed by atoms with van der Waals surface area (Å²) in [7, 11) is 1.62. The van der Waals surface area contributed by atoms with Crippen LogP contribution in [0.5, 0.6) is 17.2 Å². The van der Waals surface area contributed by atoms with Crippen molar-refractivity contribution >= 4 is 29.1 Å². The van der Waals surface area contributed by atoms with E-state index in [0.717, 1.165) is 24.3 Å². The lowest BCUT2D eigenvalue weighted by Crippen LogP contribution is -2.40. The van der Waals surface area contributed by atoms with Gasteiger partial charge in [0.1, 0.15) is 5.75 Å². The van der Waals surface area contributed by atoms with Crippen LogP contribution in [0.1, 0.15) is 58.7 Å². The van der Waals surface area contributed by atoms with Crippen molar-refractivity contribution in [2.24, 2.45) is 4.99 Å². The van der Waals surface area contributed by atoms with Gasteiger partial charge < -0.3 is 23.8 Å². The third-order valence-corrected chi connectivity index (χ3v) is 8.02. The lowest BCUT2D eigenvalue weighted by atomic mass is 9.95. The monoisotopic (exact) mass is 593 g/mol. The van der Waals surface area contributed by atoms with Crippen LogP contribution in [0.2, 0.25) is 0 Å². The highest BCUT2D eigenvalue weighted by atomic mass is 32.1. The number of rotatable bonds is 12. The van der Waals surface area contributed by atoms with Gasteiger partial charge in [0, 0.05) is 30.4 Å². The molecular formula is C32H39N3O6S. The molecule has 3 aromatic rings. The van der Waals surface area contributed by atoms with Gasteiger partial charge in [-0.2, -0.15) is 0 Å². The molecule has 0 aliphatic carbocycles. The summed E-state index contributed by atoms with van der Waals surface area (Å²) < 4.78 is 24.8. The van der Waals surface area contributed by atoms with E-state index in [-0.39, 0.29) is 12.2 Å². The van der Waals surface area contributed by atoms with Gasteiger partial charge in [-0.25, -0.2) is 9.79 Å². The molecule has 2 aromatic carbocycles. The lowest BCUT2D eigenvalue weighted by molar-refractivity contribution is -0.139. The Morgan fingerprint density at radius 2 is 1.69 bits per heavy atom. The summed E-state index contributed by atoms with van der Waals surface area (Å²) in [5, 5.41) is 0. The van der Waals surface area contributed by atoms with Gasteiger partial charge in [-0.05, 0) is 77.4 Å². The Morgan fingerprint density at radius 3 is 2.33 bits per heavy atom.